The van der Waals surface area contributed by atoms with Crippen LogP contribution in [0.1, 0.15) is 21.7 Å². The zero-order chi connectivity index (χ0) is 17.3. The molecule has 0 aliphatic rings. The van der Waals surface area contributed by atoms with Crippen molar-refractivity contribution in [3.05, 3.63) is 53.5 Å². The molecule has 0 unspecified atom stereocenters. The van der Waals surface area contributed by atoms with Gasteiger partial charge in [-0.05, 0) is 36.4 Å². The van der Waals surface area contributed by atoms with Crippen molar-refractivity contribution < 1.29 is 9.90 Å². The van der Waals surface area contributed by atoms with E-state index in [0.717, 1.165) is 28.2 Å². The van der Waals surface area contributed by atoms with E-state index in [1.807, 2.05) is 61.1 Å². The van der Waals surface area contributed by atoms with Gasteiger partial charge in [0.15, 0.2) is 0 Å². The van der Waals surface area contributed by atoms with Gasteiger partial charge in [-0.3, -0.25) is 0 Å². The normalized spacial score (nSPS) is 11.3. The van der Waals surface area contributed by atoms with Gasteiger partial charge < -0.3 is 14.6 Å². The number of aromatic carboxylic acids is 1. The van der Waals surface area contributed by atoms with Crippen molar-refractivity contribution in [1.82, 2.24) is 14.5 Å². The molecule has 0 fully saturated rings. The van der Waals surface area contributed by atoms with Gasteiger partial charge in [-0.1, -0.05) is 6.07 Å². The van der Waals surface area contributed by atoms with Crippen LogP contribution in [0.4, 0.5) is 5.95 Å². The minimum atomic E-state index is -0.936. The summed E-state index contributed by atoms with van der Waals surface area (Å²) in [7, 11) is 5.86. The molecular formula is C18H18N4O2. The van der Waals surface area contributed by atoms with E-state index in [0.29, 0.717) is 0 Å². The Morgan fingerprint density at radius 3 is 2.67 bits per heavy atom. The highest BCUT2D eigenvalue weighted by molar-refractivity contribution is 5.93. The van der Waals surface area contributed by atoms with Crippen molar-refractivity contribution >= 4 is 35.0 Å². The summed E-state index contributed by atoms with van der Waals surface area (Å²) in [5, 5.41) is 9.84. The number of hydrogen-bond donors (Lipinski definition) is 1. The minimum Gasteiger partial charge on any atom is -0.478 e. The summed E-state index contributed by atoms with van der Waals surface area (Å²) >= 11 is 0. The molecule has 24 heavy (non-hydrogen) atoms. The smallest absolute Gasteiger partial charge is 0.335 e. The number of nitrogens with zero attached hydrogens (tertiary/aromatic N) is 4. The van der Waals surface area contributed by atoms with Crippen molar-refractivity contribution in [3.8, 4) is 0 Å². The largest absolute Gasteiger partial charge is 0.478 e. The van der Waals surface area contributed by atoms with Gasteiger partial charge in [-0.15, -0.1) is 0 Å². The van der Waals surface area contributed by atoms with Gasteiger partial charge >= 0.3 is 5.97 Å². The van der Waals surface area contributed by atoms with E-state index >= 15 is 0 Å². The Hall–Kier alpha value is -3.15. The van der Waals surface area contributed by atoms with Crippen molar-refractivity contribution in [2.24, 2.45) is 7.05 Å². The molecule has 3 aromatic rings. The first-order chi connectivity index (χ1) is 11.5. The fourth-order valence-electron chi connectivity index (χ4n) is 2.52. The number of fused-ring (bicyclic) bond motifs is 1. The van der Waals surface area contributed by atoms with Gasteiger partial charge in [0.05, 0.1) is 28.7 Å². The van der Waals surface area contributed by atoms with E-state index in [1.54, 1.807) is 18.2 Å². The second kappa shape index (κ2) is 6.16. The van der Waals surface area contributed by atoms with Crippen LogP contribution in [-0.2, 0) is 7.05 Å². The summed E-state index contributed by atoms with van der Waals surface area (Å²) in [4.78, 5) is 21.9. The van der Waals surface area contributed by atoms with E-state index in [-0.39, 0.29) is 5.56 Å². The Morgan fingerprint density at radius 1 is 1.21 bits per heavy atom. The molecule has 1 aromatic carbocycles. The van der Waals surface area contributed by atoms with Gasteiger partial charge in [0.2, 0.25) is 5.95 Å². The summed E-state index contributed by atoms with van der Waals surface area (Å²) < 4.78 is 2.00. The Bertz CT molecular complexity index is 941. The molecule has 0 saturated carbocycles. The van der Waals surface area contributed by atoms with Crippen LogP contribution in [0.15, 0.2) is 36.5 Å². The summed E-state index contributed by atoms with van der Waals surface area (Å²) in [6.45, 7) is 0. The SMILES string of the molecule is CN(C)c1ncc(C=Cc2ccc3cc(C(=O)O)ccc3n2)n1C. The van der Waals surface area contributed by atoms with Gasteiger partial charge in [-0.25, -0.2) is 14.8 Å². The zero-order valence-electron chi connectivity index (χ0n) is 13.8. The third kappa shape index (κ3) is 2.99. The third-order valence-electron chi connectivity index (χ3n) is 3.78. The first-order valence-electron chi connectivity index (χ1n) is 7.47. The maximum absolute atomic E-state index is 11.0. The lowest BCUT2D eigenvalue weighted by Gasteiger charge is -2.11. The highest BCUT2D eigenvalue weighted by Gasteiger charge is 2.06. The van der Waals surface area contributed by atoms with E-state index in [4.69, 9.17) is 5.11 Å². The van der Waals surface area contributed by atoms with E-state index in [2.05, 4.69) is 9.97 Å². The average molecular weight is 322 g/mol. The van der Waals surface area contributed by atoms with Crippen molar-refractivity contribution in [2.75, 3.05) is 19.0 Å². The zero-order valence-corrected chi connectivity index (χ0v) is 13.8. The Morgan fingerprint density at radius 2 is 2.00 bits per heavy atom. The standard InChI is InChI=1S/C18H18N4O2/c1-21(2)18-19-11-15(22(18)3)8-7-14-6-4-12-10-13(17(23)24)5-9-16(12)20-14/h4-11H,1-3H3,(H,23,24). The van der Waals surface area contributed by atoms with Crippen LogP contribution in [0, 0.1) is 0 Å². The Kier molecular flexibility index (Phi) is 4.04. The van der Waals surface area contributed by atoms with Crippen LogP contribution in [0.3, 0.4) is 0 Å². The van der Waals surface area contributed by atoms with Crippen LogP contribution in [0.25, 0.3) is 23.1 Å². The minimum absolute atomic E-state index is 0.263. The van der Waals surface area contributed by atoms with Crippen LogP contribution in [-0.4, -0.2) is 39.7 Å². The van der Waals surface area contributed by atoms with Crippen molar-refractivity contribution in [1.29, 1.82) is 0 Å². The quantitative estimate of drug-likeness (QED) is 0.799. The lowest BCUT2D eigenvalue weighted by Crippen LogP contribution is -2.14. The summed E-state index contributed by atoms with van der Waals surface area (Å²) in [5.74, 6) is -0.0592. The number of carboxylic acid groups (broad SMARTS) is 1. The number of carboxylic acids is 1. The topological polar surface area (TPSA) is 71.2 Å². The number of rotatable bonds is 4. The first kappa shape index (κ1) is 15.7. The lowest BCUT2D eigenvalue weighted by atomic mass is 10.1. The first-order valence-corrected chi connectivity index (χ1v) is 7.47. The molecule has 0 radical (unpaired) electrons. The van der Waals surface area contributed by atoms with Crippen LogP contribution in [0.2, 0.25) is 0 Å². The van der Waals surface area contributed by atoms with Gasteiger partial charge in [-0.2, -0.15) is 0 Å². The molecule has 0 aliphatic carbocycles. The molecule has 2 aromatic heterocycles. The summed E-state index contributed by atoms with van der Waals surface area (Å²) in [6, 6.07) is 8.67. The van der Waals surface area contributed by atoms with Crippen molar-refractivity contribution in [2.45, 2.75) is 0 Å². The molecule has 0 aliphatic heterocycles. The molecule has 6 nitrogen and oxygen atoms in total. The van der Waals surface area contributed by atoms with E-state index < -0.39 is 5.97 Å². The molecule has 0 bridgehead atoms. The predicted molar refractivity (Wildman–Crippen MR) is 95.2 cm³/mol. The van der Waals surface area contributed by atoms with E-state index in [1.165, 1.54) is 0 Å². The van der Waals surface area contributed by atoms with E-state index in [9.17, 15) is 4.79 Å². The number of imidazole rings is 1. The van der Waals surface area contributed by atoms with Crippen LogP contribution >= 0.6 is 0 Å². The number of aromatic nitrogens is 3. The monoisotopic (exact) mass is 322 g/mol. The number of carbonyl (C=O) groups is 1. The number of anilines is 1. The molecule has 122 valence electrons. The summed E-state index contributed by atoms with van der Waals surface area (Å²) in [5.41, 5.74) is 2.81. The maximum Gasteiger partial charge on any atom is 0.335 e. The van der Waals surface area contributed by atoms with Crippen molar-refractivity contribution in [3.63, 3.8) is 0 Å². The fourth-order valence-corrected chi connectivity index (χ4v) is 2.52. The Labute approximate surface area is 139 Å². The number of hydrogen-bond acceptors (Lipinski definition) is 4. The predicted octanol–water partition coefficient (Wildman–Crippen LogP) is 2.90. The molecule has 2 heterocycles. The van der Waals surface area contributed by atoms with Crippen LogP contribution < -0.4 is 4.90 Å². The van der Waals surface area contributed by atoms with Gasteiger partial charge in [0, 0.05) is 26.5 Å². The number of pyridine rings is 1. The van der Waals surface area contributed by atoms with Crippen LogP contribution in [0.5, 0.6) is 0 Å². The third-order valence-corrected chi connectivity index (χ3v) is 3.78. The van der Waals surface area contributed by atoms with Gasteiger partial charge in [0.1, 0.15) is 0 Å². The molecule has 0 atom stereocenters. The lowest BCUT2D eigenvalue weighted by molar-refractivity contribution is 0.0697. The fraction of sp³-hybridized carbons (Fsp3) is 0.167. The summed E-state index contributed by atoms with van der Waals surface area (Å²) in [6.07, 6.45) is 5.69. The second-order valence-corrected chi connectivity index (χ2v) is 5.72. The molecule has 6 heteroatoms. The average Bonchev–Trinajstić information content (AvgIpc) is 2.93. The molecule has 0 saturated heterocycles. The number of benzene rings is 1. The molecule has 0 amide bonds. The molecule has 0 spiro atoms. The second-order valence-electron chi connectivity index (χ2n) is 5.72. The highest BCUT2D eigenvalue weighted by Crippen LogP contribution is 2.17. The molecule has 1 N–H and O–H groups in total. The van der Waals surface area contributed by atoms with Gasteiger partial charge in [0.25, 0.3) is 0 Å². The maximum atomic E-state index is 11.0. The Balaban J connectivity index is 1.90. The molecular weight excluding hydrogens is 304 g/mol. The highest BCUT2D eigenvalue weighted by atomic mass is 16.4. The molecule has 3 rings (SSSR count).